The van der Waals surface area contributed by atoms with Gasteiger partial charge >= 0.3 is 0 Å². The molecule has 1 N–H and O–H groups in total. The van der Waals surface area contributed by atoms with Crippen molar-refractivity contribution in [1.82, 2.24) is 4.57 Å². The van der Waals surface area contributed by atoms with E-state index in [0.29, 0.717) is 0 Å². The maximum atomic E-state index is 9.48. The summed E-state index contributed by atoms with van der Waals surface area (Å²) < 4.78 is 8.28. The second kappa shape index (κ2) is 4.66. The van der Waals surface area contributed by atoms with Crippen LogP contribution >= 0.6 is 0 Å². The molecule has 3 heteroatoms. The minimum atomic E-state index is 0.00737. The first-order valence-electron chi connectivity index (χ1n) is 6.94. The van der Waals surface area contributed by atoms with Gasteiger partial charge in [0.25, 0.3) is 0 Å². The van der Waals surface area contributed by atoms with Crippen LogP contribution in [0.2, 0.25) is 0 Å². The van der Waals surface area contributed by atoms with Crippen LogP contribution in [-0.2, 0) is 17.9 Å². The van der Waals surface area contributed by atoms with E-state index in [9.17, 15) is 5.11 Å². The van der Waals surface area contributed by atoms with Crippen molar-refractivity contribution >= 4 is 10.9 Å². The second-order valence-electron chi connectivity index (χ2n) is 6.02. The zero-order chi connectivity index (χ0) is 13.5. The summed E-state index contributed by atoms with van der Waals surface area (Å²) in [7, 11) is 0. The molecule has 1 aliphatic heterocycles. The van der Waals surface area contributed by atoms with Crippen LogP contribution in [0.3, 0.4) is 0 Å². The van der Waals surface area contributed by atoms with Gasteiger partial charge in [-0.1, -0.05) is 18.2 Å². The quantitative estimate of drug-likeness (QED) is 0.919. The molecule has 3 rings (SSSR count). The Morgan fingerprint density at radius 3 is 2.89 bits per heavy atom. The lowest BCUT2D eigenvalue weighted by Crippen LogP contribution is -2.22. The van der Waals surface area contributed by atoms with Gasteiger partial charge in [-0.2, -0.15) is 0 Å². The minimum Gasteiger partial charge on any atom is -0.392 e. The molecule has 0 bridgehead atoms. The predicted molar refractivity (Wildman–Crippen MR) is 76.0 cm³/mol. The molecular formula is C16H21NO2. The highest BCUT2D eigenvalue weighted by molar-refractivity contribution is 5.83. The van der Waals surface area contributed by atoms with Crippen LogP contribution in [0.1, 0.15) is 32.3 Å². The third kappa shape index (κ3) is 2.40. The van der Waals surface area contributed by atoms with E-state index in [1.807, 2.05) is 12.1 Å². The summed E-state index contributed by atoms with van der Waals surface area (Å²) in [6.07, 6.45) is 4.59. The largest absolute Gasteiger partial charge is 0.392 e. The normalized spacial score (nSPS) is 22.2. The summed E-state index contributed by atoms with van der Waals surface area (Å²) in [6.45, 7) is 5.25. The number of nitrogens with zero attached hydrogens (tertiary/aromatic N) is 1. The molecule has 1 aromatic heterocycles. The standard InChI is InChI=1S/C16H21NO2/c1-16(2)8-6-14(19-16)10-17-9-7-12-4-3-5-13(11-18)15(12)17/h3-5,7,9,14,18H,6,8,10-11H2,1-2H3. The van der Waals surface area contributed by atoms with E-state index in [1.165, 1.54) is 5.39 Å². The highest BCUT2D eigenvalue weighted by Gasteiger charge is 2.31. The van der Waals surface area contributed by atoms with Crippen molar-refractivity contribution in [1.29, 1.82) is 0 Å². The van der Waals surface area contributed by atoms with Crippen LogP contribution in [0.25, 0.3) is 10.9 Å². The summed E-state index contributed by atoms with van der Waals surface area (Å²) >= 11 is 0. The van der Waals surface area contributed by atoms with Crippen LogP contribution in [0.15, 0.2) is 30.5 Å². The number of aliphatic hydroxyl groups is 1. The van der Waals surface area contributed by atoms with Gasteiger partial charge in [-0.25, -0.2) is 0 Å². The molecule has 102 valence electrons. The lowest BCUT2D eigenvalue weighted by atomic mass is 10.1. The number of aliphatic hydroxyl groups excluding tert-OH is 1. The van der Waals surface area contributed by atoms with Crippen molar-refractivity contribution in [2.75, 3.05) is 0 Å². The zero-order valence-electron chi connectivity index (χ0n) is 11.6. The summed E-state index contributed by atoms with van der Waals surface area (Å²) in [5.41, 5.74) is 2.13. The summed E-state index contributed by atoms with van der Waals surface area (Å²) in [6, 6.07) is 8.17. The van der Waals surface area contributed by atoms with Gasteiger partial charge in [0.15, 0.2) is 0 Å². The fraction of sp³-hybridized carbons (Fsp3) is 0.500. The molecule has 19 heavy (non-hydrogen) atoms. The lowest BCUT2D eigenvalue weighted by molar-refractivity contribution is -0.0212. The Labute approximate surface area is 113 Å². The van der Waals surface area contributed by atoms with Crippen molar-refractivity contribution < 1.29 is 9.84 Å². The molecule has 0 aliphatic carbocycles. The molecule has 2 heterocycles. The van der Waals surface area contributed by atoms with Crippen LogP contribution in [0.4, 0.5) is 0 Å². The molecule has 1 aromatic carbocycles. The van der Waals surface area contributed by atoms with Crippen molar-refractivity contribution in [3.8, 4) is 0 Å². The van der Waals surface area contributed by atoms with Gasteiger partial charge < -0.3 is 14.4 Å². The van der Waals surface area contributed by atoms with Crippen molar-refractivity contribution in [2.45, 2.75) is 51.5 Å². The fourth-order valence-corrected chi connectivity index (χ4v) is 3.05. The van der Waals surface area contributed by atoms with Crippen LogP contribution in [0.5, 0.6) is 0 Å². The van der Waals surface area contributed by atoms with Gasteiger partial charge in [0.1, 0.15) is 0 Å². The van der Waals surface area contributed by atoms with E-state index in [1.54, 1.807) is 0 Å². The minimum absolute atomic E-state index is 0.00737. The van der Waals surface area contributed by atoms with E-state index >= 15 is 0 Å². The van der Waals surface area contributed by atoms with Gasteiger partial charge in [-0.3, -0.25) is 0 Å². The Hall–Kier alpha value is -1.32. The number of hydrogen-bond acceptors (Lipinski definition) is 2. The molecule has 3 nitrogen and oxygen atoms in total. The van der Waals surface area contributed by atoms with Crippen molar-refractivity contribution in [3.63, 3.8) is 0 Å². The lowest BCUT2D eigenvalue weighted by Gasteiger charge is -2.20. The molecule has 1 aliphatic rings. The van der Waals surface area contributed by atoms with Gasteiger partial charge in [0.2, 0.25) is 0 Å². The van der Waals surface area contributed by atoms with E-state index < -0.39 is 0 Å². The van der Waals surface area contributed by atoms with E-state index in [2.05, 4.69) is 36.7 Å². The molecule has 1 atom stereocenters. The molecular weight excluding hydrogens is 238 g/mol. The first kappa shape index (κ1) is 12.7. The molecule has 0 saturated carbocycles. The topological polar surface area (TPSA) is 34.4 Å². The number of benzene rings is 1. The molecule has 1 saturated heterocycles. The molecule has 1 unspecified atom stereocenters. The maximum Gasteiger partial charge on any atom is 0.0762 e. The smallest absolute Gasteiger partial charge is 0.0762 e. The van der Waals surface area contributed by atoms with E-state index in [-0.39, 0.29) is 18.3 Å². The molecule has 0 spiro atoms. The molecule has 0 amide bonds. The highest BCUT2D eigenvalue weighted by atomic mass is 16.5. The summed E-state index contributed by atoms with van der Waals surface area (Å²) in [5, 5.41) is 10.7. The number of hydrogen-bond donors (Lipinski definition) is 1. The van der Waals surface area contributed by atoms with Gasteiger partial charge in [0, 0.05) is 18.3 Å². The fourth-order valence-electron chi connectivity index (χ4n) is 3.05. The Bertz CT molecular complexity index is 585. The van der Waals surface area contributed by atoms with E-state index in [4.69, 9.17) is 4.74 Å². The first-order valence-corrected chi connectivity index (χ1v) is 6.94. The van der Waals surface area contributed by atoms with Crippen LogP contribution in [0, 0.1) is 0 Å². The average Bonchev–Trinajstić information content (AvgIpc) is 2.93. The number of para-hydroxylation sites is 1. The van der Waals surface area contributed by atoms with Crippen molar-refractivity contribution in [3.05, 3.63) is 36.0 Å². The van der Waals surface area contributed by atoms with Gasteiger partial charge in [-0.05, 0) is 38.1 Å². The molecule has 1 fully saturated rings. The SMILES string of the molecule is CC1(C)CCC(Cn2ccc3cccc(CO)c32)O1. The highest BCUT2D eigenvalue weighted by Crippen LogP contribution is 2.31. The molecule has 2 aromatic rings. The average molecular weight is 259 g/mol. The Morgan fingerprint density at radius 2 is 2.21 bits per heavy atom. The summed E-state index contributed by atoms with van der Waals surface area (Å²) in [4.78, 5) is 0. The Kier molecular flexibility index (Phi) is 3.11. The number of fused-ring (bicyclic) bond motifs is 1. The summed E-state index contributed by atoms with van der Waals surface area (Å²) in [5.74, 6) is 0. The molecule has 0 radical (unpaired) electrons. The zero-order valence-corrected chi connectivity index (χ0v) is 11.6. The number of aromatic nitrogens is 1. The Balaban J connectivity index is 1.89. The monoisotopic (exact) mass is 259 g/mol. The first-order chi connectivity index (χ1) is 9.09. The van der Waals surface area contributed by atoms with Crippen LogP contribution < -0.4 is 0 Å². The number of rotatable bonds is 3. The van der Waals surface area contributed by atoms with Gasteiger partial charge in [-0.15, -0.1) is 0 Å². The Morgan fingerprint density at radius 1 is 1.37 bits per heavy atom. The van der Waals surface area contributed by atoms with Crippen molar-refractivity contribution in [2.24, 2.45) is 0 Å². The van der Waals surface area contributed by atoms with Gasteiger partial charge in [0.05, 0.1) is 23.8 Å². The maximum absolute atomic E-state index is 9.48. The second-order valence-corrected chi connectivity index (χ2v) is 6.02. The van der Waals surface area contributed by atoms with E-state index in [0.717, 1.165) is 30.5 Å². The third-order valence-electron chi connectivity index (χ3n) is 4.00. The predicted octanol–water partition coefficient (Wildman–Crippen LogP) is 3.09. The number of ether oxygens (including phenoxy) is 1. The van der Waals surface area contributed by atoms with Crippen LogP contribution in [-0.4, -0.2) is 21.4 Å². The third-order valence-corrected chi connectivity index (χ3v) is 4.00.